The Labute approximate surface area is 184 Å². The number of para-hydroxylation sites is 1. The van der Waals surface area contributed by atoms with Crippen LogP contribution in [0.2, 0.25) is 0 Å². The van der Waals surface area contributed by atoms with Gasteiger partial charge in [-0.2, -0.15) is 0 Å². The normalized spacial score (nSPS) is 10.7. The number of methoxy groups -OCH3 is 2. The lowest BCUT2D eigenvalue weighted by molar-refractivity contribution is -0.144. The summed E-state index contributed by atoms with van der Waals surface area (Å²) in [7, 11) is 2.98. The predicted octanol–water partition coefficient (Wildman–Crippen LogP) is 3.45. The Balaban J connectivity index is 1.93. The lowest BCUT2D eigenvalue weighted by atomic mass is 10.0. The molecule has 0 spiro atoms. The third-order valence-corrected chi connectivity index (χ3v) is 4.81. The van der Waals surface area contributed by atoms with Gasteiger partial charge in [0.2, 0.25) is 0 Å². The first-order chi connectivity index (χ1) is 15.4. The largest absolute Gasteiger partial charge is 0.496 e. The van der Waals surface area contributed by atoms with Crippen molar-refractivity contribution in [3.8, 4) is 11.5 Å². The number of aryl methyl sites for hydroxylation is 2. The molecule has 0 amide bonds. The van der Waals surface area contributed by atoms with Crippen LogP contribution >= 0.6 is 0 Å². The molecule has 2 aromatic carbocycles. The second-order valence-electron chi connectivity index (χ2n) is 7.01. The third-order valence-electron chi connectivity index (χ3n) is 4.81. The van der Waals surface area contributed by atoms with E-state index in [1.165, 1.54) is 26.4 Å². The number of esters is 2. The number of benzene rings is 2. The summed E-state index contributed by atoms with van der Waals surface area (Å²) in [5.41, 5.74) is 1.32. The molecular formula is C24H24O8. The van der Waals surface area contributed by atoms with Crippen LogP contribution in [0.4, 0.5) is 0 Å². The topological polar surface area (TPSA) is 101 Å². The standard InChI is InChI=1S/C24H24O8/c1-15-12-23(26)31-21-14-20(32-24(27)17-6-4-5-7-19(17)29-3)16(13-18(15)21)8-9-22(25)30-11-10-28-2/h4-7,12-14H,8-11H2,1-3H3. The SMILES string of the molecule is COCCOC(=O)CCc1cc2c(C)cc(=O)oc2cc1OC(=O)c1ccccc1OC. The van der Waals surface area contributed by atoms with Gasteiger partial charge in [0.25, 0.3) is 0 Å². The van der Waals surface area contributed by atoms with Gasteiger partial charge in [-0.3, -0.25) is 4.79 Å². The molecule has 8 nitrogen and oxygen atoms in total. The van der Waals surface area contributed by atoms with E-state index in [-0.39, 0.29) is 36.3 Å². The van der Waals surface area contributed by atoms with Crippen LogP contribution in [0.5, 0.6) is 11.5 Å². The molecule has 0 N–H and O–H groups in total. The molecule has 0 saturated carbocycles. The molecule has 0 aliphatic heterocycles. The summed E-state index contributed by atoms with van der Waals surface area (Å²) in [6, 6.07) is 11.3. The van der Waals surface area contributed by atoms with Crippen LogP contribution in [-0.2, 0) is 20.7 Å². The van der Waals surface area contributed by atoms with Crippen molar-refractivity contribution in [2.75, 3.05) is 27.4 Å². The second kappa shape index (κ2) is 10.6. The molecule has 0 fully saturated rings. The Morgan fingerprint density at radius 1 is 1.00 bits per heavy atom. The highest BCUT2D eigenvalue weighted by molar-refractivity contribution is 5.95. The van der Waals surface area contributed by atoms with E-state index in [2.05, 4.69) is 0 Å². The van der Waals surface area contributed by atoms with Crippen LogP contribution in [0, 0.1) is 6.92 Å². The van der Waals surface area contributed by atoms with Gasteiger partial charge in [0.1, 0.15) is 29.3 Å². The number of fused-ring (bicyclic) bond motifs is 1. The third kappa shape index (κ3) is 5.53. The Kier molecular flexibility index (Phi) is 7.62. The molecular weight excluding hydrogens is 416 g/mol. The van der Waals surface area contributed by atoms with E-state index in [4.69, 9.17) is 23.4 Å². The fourth-order valence-electron chi connectivity index (χ4n) is 3.20. The minimum absolute atomic E-state index is 0.0737. The van der Waals surface area contributed by atoms with Crippen LogP contribution in [-0.4, -0.2) is 39.4 Å². The fraction of sp³-hybridized carbons (Fsp3) is 0.292. The summed E-state index contributed by atoms with van der Waals surface area (Å²) in [6.45, 7) is 2.25. The second-order valence-corrected chi connectivity index (χ2v) is 7.01. The van der Waals surface area contributed by atoms with Crippen molar-refractivity contribution in [1.29, 1.82) is 0 Å². The van der Waals surface area contributed by atoms with E-state index in [1.807, 2.05) is 0 Å². The molecule has 0 aliphatic carbocycles. The van der Waals surface area contributed by atoms with E-state index >= 15 is 0 Å². The molecule has 0 radical (unpaired) electrons. The zero-order valence-corrected chi connectivity index (χ0v) is 18.1. The molecule has 32 heavy (non-hydrogen) atoms. The molecule has 1 aromatic heterocycles. The number of hydrogen-bond donors (Lipinski definition) is 0. The summed E-state index contributed by atoms with van der Waals surface area (Å²) < 4.78 is 26.1. The lowest BCUT2D eigenvalue weighted by Gasteiger charge is -2.13. The van der Waals surface area contributed by atoms with Gasteiger partial charge in [-0.1, -0.05) is 12.1 Å². The number of carbonyl (C=O) groups is 2. The van der Waals surface area contributed by atoms with Gasteiger partial charge in [-0.25, -0.2) is 9.59 Å². The van der Waals surface area contributed by atoms with Crippen LogP contribution in [0.1, 0.15) is 27.9 Å². The minimum Gasteiger partial charge on any atom is -0.496 e. The van der Waals surface area contributed by atoms with Crippen molar-refractivity contribution < 1.29 is 33.0 Å². The number of rotatable bonds is 9. The summed E-state index contributed by atoms with van der Waals surface area (Å²) in [5, 5.41) is 0.685. The highest BCUT2D eigenvalue weighted by Crippen LogP contribution is 2.30. The summed E-state index contributed by atoms with van der Waals surface area (Å²) >= 11 is 0. The van der Waals surface area contributed by atoms with Gasteiger partial charge < -0.3 is 23.4 Å². The van der Waals surface area contributed by atoms with Gasteiger partial charge in [0.05, 0.1) is 13.7 Å². The summed E-state index contributed by atoms with van der Waals surface area (Å²) in [5.74, 6) is -0.489. The first-order valence-corrected chi connectivity index (χ1v) is 10.00. The van der Waals surface area contributed by atoms with Crippen molar-refractivity contribution >= 4 is 22.9 Å². The molecule has 8 heteroatoms. The molecule has 0 bridgehead atoms. The monoisotopic (exact) mass is 440 g/mol. The van der Waals surface area contributed by atoms with Crippen molar-refractivity contribution in [1.82, 2.24) is 0 Å². The summed E-state index contributed by atoms with van der Waals surface area (Å²) in [6.07, 6.45) is 0.332. The molecule has 1 heterocycles. The highest BCUT2D eigenvalue weighted by Gasteiger charge is 2.19. The zero-order chi connectivity index (χ0) is 23.1. The fourth-order valence-corrected chi connectivity index (χ4v) is 3.20. The molecule has 3 aromatic rings. The van der Waals surface area contributed by atoms with E-state index in [0.29, 0.717) is 28.9 Å². The highest BCUT2D eigenvalue weighted by atomic mass is 16.6. The predicted molar refractivity (Wildman–Crippen MR) is 116 cm³/mol. The van der Waals surface area contributed by atoms with E-state index in [1.54, 1.807) is 37.3 Å². The van der Waals surface area contributed by atoms with Crippen LogP contribution in [0.3, 0.4) is 0 Å². The Morgan fingerprint density at radius 2 is 1.78 bits per heavy atom. The maximum absolute atomic E-state index is 12.8. The molecule has 0 aliphatic rings. The van der Waals surface area contributed by atoms with Gasteiger partial charge in [0.15, 0.2) is 0 Å². The van der Waals surface area contributed by atoms with Gasteiger partial charge >= 0.3 is 17.6 Å². The van der Waals surface area contributed by atoms with Crippen molar-refractivity contribution in [3.63, 3.8) is 0 Å². The van der Waals surface area contributed by atoms with Crippen molar-refractivity contribution in [2.24, 2.45) is 0 Å². The van der Waals surface area contributed by atoms with Crippen LogP contribution in [0.25, 0.3) is 11.0 Å². The zero-order valence-electron chi connectivity index (χ0n) is 18.1. The molecule has 168 valence electrons. The Bertz CT molecular complexity index is 1180. The first kappa shape index (κ1) is 23.0. The van der Waals surface area contributed by atoms with Crippen molar-refractivity contribution in [2.45, 2.75) is 19.8 Å². The molecule has 0 atom stereocenters. The number of carbonyl (C=O) groups excluding carboxylic acids is 2. The average Bonchev–Trinajstić information content (AvgIpc) is 2.77. The quantitative estimate of drug-likeness (QED) is 0.216. The van der Waals surface area contributed by atoms with Crippen LogP contribution < -0.4 is 15.1 Å². The van der Waals surface area contributed by atoms with E-state index < -0.39 is 17.6 Å². The maximum atomic E-state index is 12.8. The summed E-state index contributed by atoms with van der Waals surface area (Å²) in [4.78, 5) is 36.7. The van der Waals surface area contributed by atoms with Crippen LogP contribution in [0.15, 0.2) is 51.7 Å². The van der Waals surface area contributed by atoms with Gasteiger partial charge in [0, 0.05) is 31.0 Å². The van der Waals surface area contributed by atoms with E-state index in [9.17, 15) is 14.4 Å². The molecule has 0 unspecified atom stereocenters. The number of hydrogen-bond acceptors (Lipinski definition) is 8. The Hall–Kier alpha value is -3.65. The van der Waals surface area contributed by atoms with Gasteiger partial charge in [-0.05, 0) is 42.7 Å². The smallest absolute Gasteiger partial charge is 0.347 e. The molecule has 3 rings (SSSR count). The maximum Gasteiger partial charge on any atom is 0.347 e. The minimum atomic E-state index is -0.638. The Morgan fingerprint density at radius 3 is 2.53 bits per heavy atom. The number of ether oxygens (including phenoxy) is 4. The average molecular weight is 440 g/mol. The van der Waals surface area contributed by atoms with Gasteiger partial charge in [-0.15, -0.1) is 0 Å². The molecule has 0 saturated heterocycles. The lowest BCUT2D eigenvalue weighted by Crippen LogP contribution is -2.13. The first-order valence-electron chi connectivity index (χ1n) is 10.00. The van der Waals surface area contributed by atoms with E-state index in [0.717, 1.165) is 0 Å². The van der Waals surface area contributed by atoms with Crippen molar-refractivity contribution in [3.05, 3.63) is 69.6 Å².